The first-order valence-corrected chi connectivity index (χ1v) is 7.27. The molecule has 21 heavy (non-hydrogen) atoms. The first-order valence-electron chi connectivity index (χ1n) is 7.27. The Morgan fingerprint density at radius 1 is 1.33 bits per heavy atom. The van der Waals surface area contributed by atoms with Gasteiger partial charge in [-0.25, -0.2) is 4.79 Å². The Kier molecular flexibility index (Phi) is 5.81. The monoisotopic (exact) mass is 290 g/mol. The summed E-state index contributed by atoms with van der Waals surface area (Å²) in [6.07, 6.45) is 3.40. The lowest BCUT2D eigenvalue weighted by Gasteiger charge is -2.28. The SMILES string of the molecule is COC(=O)C1=CC[C@H](C)[C@H](CCOCc2ccccc2)O1. The highest BCUT2D eigenvalue weighted by Gasteiger charge is 2.27. The summed E-state index contributed by atoms with van der Waals surface area (Å²) in [5.41, 5.74) is 1.16. The molecule has 0 saturated heterocycles. The second-order valence-corrected chi connectivity index (χ2v) is 5.26. The molecule has 1 aliphatic heterocycles. The molecule has 0 spiro atoms. The van der Waals surface area contributed by atoms with E-state index in [-0.39, 0.29) is 6.10 Å². The summed E-state index contributed by atoms with van der Waals surface area (Å²) in [6.45, 7) is 3.33. The van der Waals surface area contributed by atoms with Gasteiger partial charge in [0, 0.05) is 6.42 Å². The lowest BCUT2D eigenvalue weighted by atomic mass is 9.95. The molecule has 1 aliphatic rings. The number of allylic oxidation sites excluding steroid dienone is 1. The molecule has 0 aliphatic carbocycles. The van der Waals surface area contributed by atoms with Crippen LogP contribution in [0.4, 0.5) is 0 Å². The fourth-order valence-electron chi connectivity index (χ4n) is 2.31. The number of benzene rings is 1. The van der Waals surface area contributed by atoms with E-state index < -0.39 is 5.97 Å². The van der Waals surface area contributed by atoms with Crippen molar-refractivity contribution < 1.29 is 19.0 Å². The van der Waals surface area contributed by atoms with Gasteiger partial charge in [-0.05, 0) is 24.0 Å². The third-order valence-electron chi connectivity index (χ3n) is 3.63. The lowest BCUT2D eigenvalue weighted by molar-refractivity contribution is -0.142. The number of ether oxygens (including phenoxy) is 3. The van der Waals surface area contributed by atoms with Gasteiger partial charge in [0.05, 0.1) is 20.3 Å². The van der Waals surface area contributed by atoms with Crippen molar-refractivity contribution in [2.75, 3.05) is 13.7 Å². The first kappa shape index (κ1) is 15.6. The predicted octanol–water partition coefficient (Wildman–Crippen LogP) is 3.08. The number of esters is 1. The molecule has 0 amide bonds. The fraction of sp³-hybridized carbons (Fsp3) is 0.471. The standard InChI is InChI=1S/C17H22O4/c1-13-8-9-16(17(18)19-2)21-15(13)10-11-20-12-14-6-4-3-5-7-14/h3-7,9,13,15H,8,10-12H2,1-2H3/t13-,15-/m0/s1. The third kappa shape index (κ3) is 4.60. The van der Waals surface area contributed by atoms with Crippen molar-refractivity contribution >= 4 is 5.97 Å². The van der Waals surface area contributed by atoms with Crippen LogP contribution >= 0.6 is 0 Å². The molecule has 0 unspecified atom stereocenters. The molecule has 0 radical (unpaired) electrons. The van der Waals surface area contributed by atoms with Crippen molar-refractivity contribution in [2.45, 2.75) is 32.5 Å². The molecule has 1 heterocycles. The van der Waals surface area contributed by atoms with Crippen LogP contribution in [-0.2, 0) is 25.6 Å². The Balaban J connectivity index is 1.75. The molecular weight excluding hydrogens is 268 g/mol. The van der Waals surface area contributed by atoms with E-state index in [1.54, 1.807) is 6.08 Å². The van der Waals surface area contributed by atoms with Gasteiger partial charge in [-0.15, -0.1) is 0 Å². The Labute approximate surface area is 125 Å². The van der Waals surface area contributed by atoms with Gasteiger partial charge < -0.3 is 14.2 Å². The Morgan fingerprint density at radius 2 is 2.10 bits per heavy atom. The van der Waals surface area contributed by atoms with Gasteiger partial charge in [-0.3, -0.25) is 0 Å². The van der Waals surface area contributed by atoms with Crippen LogP contribution in [0, 0.1) is 5.92 Å². The van der Waals surface area contributed by atoms with Crippen LogP contribution in [0.25, 0.3) is 0 Å². The van der Waals surface area contributed by atoms with Crippen LogP contribution < -0.4 is 0 Å². The molecule has 4 heteroatoms. The van der Waals surface area contributed by atoms with E-state index >= 15 is 0 Å². The number of hydrogen-bond acceptors (Lipinski definition) is 4. The van der Waals surface area contributed by atoms with Crippen molar-refractivity contribution in [1.82, 2.24) is 0 Å². The van der Waals surface area contributed by atoms with Gasteiger partial charge in [0.2, 0.25) is 5.76 Å². The molecule has 2 atom stereocenters. The van der Waals surface area contributed by atoms with E-state index in [2.05, 4.69) is 6.92 Å². The molecule has 0 aromatic heterocycles. The summed E-state index contributed by atoms with van der Waals surface area (Å²) in [4.78, 5) is 11.5. The number of hydrogen-bond donors (Lipinski definition) is 0. The zero-order chi connectivity index (χ0) is 15.1. The average Bonchev–Trinajstić information content (AvgIpc) is 2.53. The van der Waals surface area contributed by atoms with Gasteiger partial charge in [0.1, 0.15) is 6.10 Å². The maximum atomic E-state index is 11.5. The fourth-order valence-corrected chi connectivity index (χ4v) is 2.31. The molecular formula is C17H22O4. The number of carbonyl (C=O) groups excluding carboxylic acids is 1. The molecule has 1 aromatic rings. The summed E-state index contributed by atoms with van der Waals surface area (Å²) >= 11 is 0. The molecule has 0 N–H and O–H groups in total. The van der Waals surface area contributed by atoms with Crippen LogP contribution in [-0.4, -0.2) is 25.8 Å². The number of methoxy groups -OCH3 is 1. The zero-order valence-electron chi connectivity index (χ0n) is 12.6. The van der Waals surface area contributed by atoms with E-state index in [1.165, 1.54) is 7.11 Å². The molecule has 0 fully saturated rings. The van der Waals surface area contributed by atoms with Crippen molar-refractivity contribution in [3.05, 3.63) is 47.7 Å². The number of rotatable bonds is 6. The van der Waals surface area contributed by atoms with Crippen LogP contribution in [0.2, 0.25) is 0 Å². The minimum absolute atomic E-state index is 0.000117. The third-order valence-corrected chi connectivity index (χ3v) is 3.63. The van der Waals surface area contributed by atoms with Gasteiger partial charge in [-0.1, -0.05) is 37.3 Å². The smallest absolute Gasteiger partial charge is 0.372 e. The molecule has 0 bridgehead atoms. The molecule has 0 saturated carbocycles. The van der Waals surface area contributed by atoms with Gasteiger partial charge in [0.25, 0.3) is 0 Å². The van der Waals surface area contributed by atoms with E-state index in [0.29, 0.717) is 24.9 Å². The summed E-state index contributed by atoms with van der Waals surface area (Å²) in [6, 6.07) is 10.1. The van der Waals surface area contributed by atoms with Crippen molar-refractivity contribution in [1.29, 1.82) is 0 Å². The second-order valence-electron chi connectivity index (χ2n) is 5.26. The summed E-state index contributed by atoms with van der Waals surface area (Å²) in [5.74, 6) is 0.291. The molecule has 4 nitrogen and oxygen atoms in total. The van der Waals surface area contributed by atoms with Crippen molar-refractivity contribution in [2.24, 2.45) is 5.92 Å². The molecule has 2 rings (SSSR count). The largest absolute Gasteiger partial charge is 0.483 e. The highest BCUT2D eigenvalue weighted by molar-refractivity contribution is 5.86. The maximum absolute atomic E-state index is 11.5. The molecule has 1 aromatic carbocycles. The Hall–Kier alpha value is -1.81. The summed E-state index contributed by atoms with van der Waals surface area (Å²) in [7, 11) is 1.36. The lowest BCUT2D eigenvalue weighted by Crippen LogP contribution is -2.29. The highest BCUT2D eigenvalue weighted by Crippen LogP contribution is 2.25. The van der Waals surface area contributed by atoms with Crippen LogP contribution in [0.15, 0.2) is 42.2 Å². The van der Waals surface area contributed by atoms with Crippen LogP contribution in [0.1, 0.15) is 25.3 Å². The average molecular weight is 290 g/mol. The normalized spacial score (nSPS) is 21.3. The minimum atomic E-state index is -0.405. The Morgan fingerprint density at radius 3 is 2.81 bits per heavy atom. The zero-order valence-corrected chi connectivity index (χ0v) is 12.6. The second kappa shape index (κ2) is 7.84. The summed E-state index contributed by atoms with van der Waals surface area (Å²) in [5, 5.41) is 0. The predicted molar refractivity (Wildman–Crippen MR) is 79.5 cm³/mol. The number of carbonyl (C=O) groups is 1. The highest BCUT2D eigenvalue weighted by atomic mass is 16.6. The molecule has 114 valence electrons. The van der Waals surface area contributed by atoms with E-state index in [1.807, 2.05) is 30.3 Å². The van der Waals surface area contributed by atoms with Crippen LogP contribution in [0.3, 0.4) is 0 Å². The quantitative estimate of drug-likeness (QED) is 0.596. The van der Waals surface area contributed by atoms with E-state index in [4.69, 9.17) is 14.2 Å². The van der Waals surface area contributed by atoms with E-state index in [0.717, 1.165) is 18.4 Å². The van der Waals surface area contributed by atoms with Gasteiger partial charge >= 0.3 is 5.97 Å². The van der Waals surface area contributed by atoms with Crippen LogP contribution in [0.5, 0.6) is 0 Å². The van der Waals surface area contributed by atoms with Gasteiger partial charge in [0.15, 0.2) is 0 Å². The first-order chi connectivity index (χ1) is 10.2. The van der Waals surface area contributed by atoms with Crippen molar-refractivity contribution in [3.8, 4) is 0 Å². The van der Waals surface area contributed by atoms with Crippen molar-refractivity contribution in [3.63, 3.8) is 0 Å². The van der Waals surface area contributed by atoms with Gasteiger partial charge in [-0.2, -0.15) is 0 Å². The summed E-state index contributed by atoms with van der Waals surface area (Å²) < 4.78 is 16.1. The Bertz CT molecular complexity index is 481. The maximum Gasteiger partial charge on any atom is 0.372 e. The minimum Gasteiger partial charge on any atom is -0.483 e. The van der Waals surface area contributed by atoms with E-state index in [9.17, 15) is 4.79 Å². The topological polar surface area (TPSA) is 44.8 Å².